The molecule has 0 aromatic heterocycles. The van der Waals surface area contributed by atoms with Crippen LogP contribution in [0.4, 0.5) is 4.79 Å². The molecule has 5 heteroatoms. The number of hydrogen-bond donors (Lipinski definition) is 0. The molecule has 1 aliphatic rings. The molecule has 2 rings (SSSR count). The Morgan fingerprint density at radius 2 is 1.85 bits per heavy atom. The highest BCUT2D eigenvalue weighted by molar-refractivity contribution is 5.82. The second-order valence-electron chi connectivity index (χ2n) is 8.00. The quantitative estimate of drug-likeness (QED) is 0.563. The summed E-state index contributed by atoms with van der Waals surface area (Å²) in [6.07, 6.45) is 4.46. The molecule has 1 amide bonds. The van der Waals surface area contributed by atoms with Crippen LogP contribution in [-0.4, -0.2) is 42.3 Å². The van der Waals surface area contributed by atoms with E-state index in [9.17, 15) is 9.59 Å². The first-order valence-corrected chi connectivity index (χ1v) is 9.41. The summed E-state index contributed by atoms with van der Waals surface area (Å²) in [5.74, 6) is -0.0509. The number of hydrogen-bond acceptors (Lipinski definition) is 4. The van der Waals surface area contributed by atoms with Crippen molar-refractivity contribution in [2.45, 2.75) is 64.5 Å². The highest BCUT2D eigenvalue weighted by Crippen LogP contribution is 2.29. The van der Waals surface area contributed by atoms with Crippen molar-refractivity contribution in [1.82, 2.24) is 4.90 Å². The number of aryl methyl sites for hydroxylation is 1. The van der Waals surface area contributed by atoms with E-state index in [-0.39, 0.29) is 5.97 Å². The number of carbonyl (C=O) groups is 2. The van der Waals surface area contributed by atoms with Gasteiger partial charge in [-0.2, -0.15) is 0 Å². The fourth-order valence-electron chi connectivity index (χ4n) is 3.42. The molecule has 1 heterocycles. The average Bonchev–Trinajstić information content (AvgIpc) is 3.02. The summed E-state index contributed by atoms with van der Waals surface area (Å²) in [6, 6.07) is 9.91. The summed E-state index contributed by atoms with van der Waals surface area (Å²) in [6.45, 7) is 6.04. The third-order valence-corrected chi connectivity index (χ3v) is 4.66. The van der Waals surface area contributed by atoms with Gasteiger partial charge in [0.1, 0.15) is 11.6 Å². The van der Waals surface area contributed by atoms with E-state index < -0.39 is 17.7 Å². The van der Waals surface area contributed by atoms with Crippen LogP contribution in [0.1, 0.15) is 52.0 Å². The van der Waals surface area contributed by atoms with Gasteiger partial charge >= 0.3 is 12.1 Å². The predicted molar refractivity (Wildman–Crippen MR) is 101 cm³/mol. The van der Waals surface area contributed by atoms with Crippen molar-refractivity contribution in [1.29, 1.82) is 0 Å². The van der Waals surface area contributed by atoms with Gasteiger partial charge in [-0.05, 0) is 57.9 Å². The maximum Gasteiger partial charge on any atom is 0.411 e. The van der Waals surface area contributed by atoms with Crippen LogP contribution in [0, 0.1) is 5.92 Å². The Kier molecular flexibility index (Phi) is 7.06. The van der Waals surface area contributed by atoms with Gasteiger partial charge in [0.2, 0.25) is 0 Å². The Labute approximate surface area is 156 Å². The topological polar surface area (TPSA) is 55.8 Å². The number of likely N-dealkylation sites (tertiary alicyclic amines) is 1. The monoisotopic (exact) mass is 361 g/mol. The van der Waals surface area contributed by atoms with Gasteiger partial charge in [0.25, 0.3) is 0 Å². The van der Waals surface area contributed by atoms with Crippen LogP contribution >= 0.6 is 0 Å². The van der Waals surface area contributed by atoms with E-state index in [1.165, 1.54) is 12.7 Å². The molecule has 0 saturated carbocycles. The van der Waals surface area contributed by atoms with Crippen molar-refractivity contribution in [3.05, 3.63) is 35.9 Å². The molecule has 144 valence electrons. The summed E-state index contributed by atoms with van der Waals surface area (Å²) in [5, 5.41) is 0. The Hall–Kier alpha value is -2.04. The molecule has 2 unspecified atom stereocenters. The van der Waals surface area contributed by atoms with Gasteiger partial charge in [0.05, 0.1) is 7.11 Å². The first-order chi connectivity index (χ1) is 12.3. The summed E-state index contributed by atoms with van der Waals surface area (Å²) in [5.41, 5.74) is 0.771. The van der Waals surface area contributed by atoms with Crippen LogP contribution in [0.15, 0.2) is 30.3 Å². The molecular weight excluding hydrogens is 330 g/mol. The van der Waals surface area contributed by atoms with E-state index in [0.29, 0.717) is 18.9 Å². The van der Waals surface area contributed by atoms with E-state index in [0.717, 1.165) is 25.7 Å². The predicted octanol–water partition coefficient (Wildman–Crippen LogP) is 4.20. The van der Waals surface area contributed by atoms with Gasteiger partial charge in [-0.3, -0.25) is 4.90 Å². The lowest BCUT2D eigenvalue weighted by atomic mass is 9.97. The number of amides is 1. The minimum atomic E-state index is -0.578. The Morgan fingerprint density at radius 3 is 2.46 bits per heavy atom. The lowest BCUT2D eigenvalue weighted by Crippen LogP contribution is -2.43. The first-order valence-electron chi connectivity index (χ1n) is 9.41. The van der Waals surface area contributed by atoms with Crippen molar-refractivity contribution in [3.63, 3.8) is 0 Å². The molecular formula is C21H31NO4. The van der Waals surface area contributed by atoms with Crippen LogP contribution in [0.2, 0.25) is 0 Å². The summed E-state index contributed by atoms with van der Waals surface area (Å²) >= 11 is 0. The third-order valence-electron chi connectivity index (χ3n) is 4.66. The van der Waals surface area contributed by atoms with E-state index in [1.807, 2.05) is 26.8 Å². The molecule has 1 aromatic carbocycles. The van der Waals surface area contributed by atoms with Gasteiger partial charge in [0.15, 0.2) is 0 Å². The number of rotatable bonds is 6. The molecule has 1 aliphatic heterocycles. The fourth-order valence-corrected chi connectivity index (χ4v) is 3.42. The maximum atomic E-state index is 12.4. The molecule has 1 aromatic rings. The largest absolute Gasteiger partial charge is 0.467 e. The second kappa shape index (κ2) is 9.06. The van der Waals surface area contributed by atoms with Crippen LogP contribution in [0.25, 0.3) is 0 Å². The smallest absolute Gasteiger partial charge is 0.411 e. The molecule has 26 heavy (non-hydrogen) atoms. The Balaban J connectivity index is 1.86. The van der Waals surface area contributed by atoms with Crippen molar-refractivity contribution in [2.24, 2.45) is 5.92 Å². The zero-order valence-electron chi connectivity index (χ0n) is 16.4. The molecule has 1 fully saturated rings. The average molecular weight is 361 g/mol. The fraction of sp³-hybridized carbons (Fsp3) is 0.619. The number of ether oxygens (including phenoxy) is 2. The lowest BCUT2D eigenvalue weighted by Gasteiger charge is -2.27. The van der Waals surface area contributed by atoms with Crippen LogP contribution in [-0.2, 0) is 20.7 Å². The molecule has 0 aliphatic carbocycles. The van der Waals surface area contributed by atoms with Crippen molar-refractivity contribution < 1.29 is 19.1 Å². The molecule has 1 saturated heterocycles. The van der Waals surface area contributed by atoms with Gasteiger partial charge in [-0.25, -0.2) is 9.59 Å². The minimum absolute atomic E-state index is 0.308. The number of benzene rings is 1. The highest BCUT2D eigenvalue weighted by atomic mass is 16.6. The SMILES string of the molecule is COC(=O)C1CC(CCCCc2ccccc2)CN1C(=O)OC(C)(C)C. The van der Waals surface area contributed by atoms with E-state index >= 15 is 0 Å². The Morgan fingerprint density at radius 1 is 1.15 bits per heavy atom. The van der Waals surface area contributed by atoms with Crippen molar-refractivity contribution in [3.8, 4) is 0 Å². The van der Waals surface area contributed by atoms with Crippen molar-refractivity contribution >= 4 is 12.1 Å². The molecule has 2 atom stereocenters. The first kappa shape index (κ1) is 20.3. The number of unbranched alkanes of at least 4 members (excludes halogenated alkanes) is 1. The number of carbonyl (C=O) groups excluding carboxylic acids is 2. The van der Waals surface area contributed by atoms with Gasteiger partial charge in [0, 0.05) is 6.54 Å². The highest BCUT2D eigenvalue weighted by Gasteiger charge is 2.41. The third kappa shape index (κ3) is 6.04. The zero-order valence-corrected chi connectivity index (χ0v) is 16.4. The van der Waals surface area contributed by atoms with E-state index in [2.05, 4.69) is 24.3 Å². The van der Waals surface area contributed by atoms with E-state index in [4.69, 9.17) is 9.47 Å². The zero-order chi connectivity index (χ0) is 19.2. The number of nitrogens with zero attached hydrogens (tertiary/aromatic N) is 1. The minimum Gasteiger partial charge on any atom is -0.467 e. The number of esters is 1. The van der Waals surface area contributed by atoms with Crippen LogP contribution in [0.5, 0.6) is 0 Å². The van der Waals surface area contributed by atoms with Gasteiger partial charge in [-0.1, -0.05) is 36.8 Å². The van der Waals surface area contributed by atoms with Gasteiger partial charge < -0.3 is 9.47 Å². The summed E-state index contributed by atoms with van der Waals surface area (Å²) in [7, 11) is 1.36. The molecule has 5 nitrogen and oxygen atoms in total. The van der Waals surface area contributed by atoms with Gasteiger partial charge in [-0.15, -0.1) is 0 Å². The second-order valence-corrected chi connectivity index (χ2v) is 8.00. The lowest BCUT2D eigenvalue weighted by molar-refractivity contribution is -0.145. The van der Waals surface area contributed by atoms with Crippen LogP contribution < -0.4 is 0 Å². The molecule has 0 spiro atoms. The van der Waals surface area contributed by atoms with E-state index in [1.54, 1.807) is 4.90 Å². The van der Waals surface area contributed by atoms with Crippen LogP contribution in [0.3, 0.4) is 0 Å². The van der Waals surface area contributed by atoms with Crippen molar-refractivity contribution in [2.75, 3.05) is 13.7 Å². The number of methoxy groups -OCH3 is 1. The normalized spacial score (nSPS) is 20.1. The molecule has 0 N–H and O–H groups in total. The summed E-state index contributed by atoms with van der Waals surface area (Å²) in [4.78, 5) is 26.1. The Bertz CT molecular complexity index is 594. The maximum absolute atomic E-state index is 12.4. The standard InChI is InChI=1S/C21H31NO4/c1-21(2,3)26-20(24)22-15-17(14-18(22)19(23)25-4)13-9-8-12-16-10-6-5-7-11-16/h5-7,10-11,17-18H,8-9,12-15H2,1-4H3. The molecule has 0 bridgehead atoms. The molecule has 0 radical (unpaired) electrons. The summed E-state index contributed by atoms with van der Waals surface area (Å²) < 4.78 is 10.3.